The van der Waals surface area contributed by atoms with Gasteiger partial charge in [0, 0.05) is 11.3 Å². The molecule has 1 heterocycles. The molecule has 27 heavy (non-hydrogen) atoms. The van der Waals surface area contributed by atoms with Crippen molar-refractivity contribution in [3.8, 4) is 11.5 Å². The Morgan fingerprint density at radius 1 is 1.07 bits per heavy atom. The van der Waals surface area contributed by atoms with Gasteiger partial charge in [0.15, 0.2) is 0 Å². The fourth-order valence-electron chi connectivity index (χ4n) is 2.28. The zero-order chi connectivity index (χ0) is 19.2. The molecule has 2 aromatic carbocycles. The molecule has 4 nitrogen and oxygen atoms in total. The molecule has 0 aliphatic heterocycles. The highest BCUT2D eigenvalue weighted by molar-refractivity contribution is 7.12. The van der Waals surface area contributed by atoms with Crippen molar-refractivity contribution in [2.75, 3.05) is 5.32 Å². The summed E-state index contributed by atoms with van der Waals surface area (Å²) in [7, 11) is 0. The maximum atomic E-state index is 12.3. The van der Waals surface area contributed by atoms with E-state index in [1.165, 1.54) is 35.6 Å². The maximum absolute atomic E-state index is 12.3. The highest BCUT2D eigenvalue weighted by atomic mass is 32.1. The lowest BCUT2D eigenvalue weighted by atomic mass is 10.2. The van der Waals surface area contributed by atoms with Crippen LogP contribution in [0.4, 0.5) is 14.5 Å². The Balaban J connectivity index is 1.55. The summed E-state index contributed by atoms with van der Waals surface area (Å²) in [6, 6.07) is 15.3. The lowest BCUT2D eigenvalue weighted by Crippen LogP contribution is -2.10. The van der Waals surface area contributed by atoms with Crippen LogP contribution in [-0.2, 0) is 6.61 Å². The molecule has 1 amide bonds. The molecule has 0 aliphatic carbocycles. The summed E-state index contributed by atoms with van der Waals surface area (Å²) in [6.45, 7) is -0.503. The highest BCUT2D eigenvalue weighted by Crippen LogP contribution is 2.21. The average molecular weight is 389 g/mol. The van der Waals surface area contributed by atoms with E-state index >= 15 is 0 Å². The van der Waals surface area contributed by atoms with Gasteiger partial charge in [0.05, 0.1) is 4.88 Å². The molecule has 1 N–H and O–H groups in total. The van der Waals surface area contributed by atoms with E-state index in [1.807, 2.05) is 36.6 Å². The van der Waals surface area contributed by atoms with Crippen LogP contribution in [0.5, 0.6) is 11.5 Å². The third kappa shape index (κ3) is 5.52. The van der Waals surface area contributed by atoms with Gasteiger partial charge < -0.3 is 14.8 Å². The van der Waals surface area contributed by atoms with Crippen molar-refractivity contribution in [2.45, 2.75) is 20.1 Å². The normalized spacial score (nSPS) is 10.7. The number of aryl methyl sites for hydroxylation is 1. The largest absolute Gasteiger partial charge is 0.489 e. The summed E-state index contributed by atoms with van der Waals surface area (Å²) >= 11 is 1.31. The van der Waals surface area contributed by atoms with E-state index in [4.69, 9.17) is 4.74 Å². The lowest BCUT2D eigenvalue weighted by molar-refractivity contribution is -0.0498. The molecule has 0 atom stereocenters. The highest BCUT2D eigenvalue weighted by Gasteiger charge is 2.11. The van der Waals surface area contributed by atoms with E-state index in [0.29, 0.717) is 17.2 Å². The molecule has 0 bridgehead atoms. The van der Waals surface area contributed by atoms with Gasteiger partial charge in [-0.25, -0.2) is 0 Å². The van der Waals surface area contributed by atoms with Crippen molar-refractivity contribution >= 4 is 22.9 Å². The Kier molecular flexibility index (Phi) is 6.03. The first-order valence-electron chi connectivity index (χ1n) is 8.13. The minimum Gasteiger partial charge on any atom is -0.489 e. The number of rotatable bonds is 7. The number of carbonyl (C=O) groups is 1. The van der Waals surface area contributed by atoms with Crippen LogP contribution in [0.25, 0.3) is 0 Å². The van der Waals surface area contributed by atoms with Crippen LogP contribution in [0.3, 0.4) is 0 Å². The van der Waals surface area contributed by atoms with Crippen molar-refractivity contribution < 1.29 is 23.0 Å². The van der Waals surface area contributed by atoms with E-state index in [9.17, 15) is 13.6 Å². The molecular formula is C20H17F2NO3S. The lowest BCUT2D eigenvalue weighted by Gasteiger charge is -2.07. The Morgan fingerprint density at radius 3 is 2.41 bits per heavy atom. The SMILES string of the molecule is Cc1ccc(OCc2csc(C(=O)Nc3ccc(OC(F)F)cc3)c2)cc1. The number of halogens is 2. The van der Waals surface area contributed by atoms with Crippen LogP contribution in [0.2, 0.25) is 0 Å². The molecule has 0 saturated carbocycles. The molecule has 7 heteroatoms. The first-order valence-corrected chi connectivity index (χ1v) is 9.00. The van der Waals surface area contributed by atoms with E-state index in [2.05, 4.69) is 10.1 Å². The number of nitrogens with one attached hydrogen (secondary N) is 1. The van der Waals surface area contributed by atoms with Crippen LogP contribution < -0.4 is 14.8 Å². The third-order valence-corrected chi connectivity index (χ3v) is 4.62. The summed E-state index contributed by atoms with van der Waals surface area (Å²) < 4.78 is 34.3. The number of benzene rings is 2. The van der Waals surface area contributed by atoms with E-state index in [0.717, 1.165) is 16.9 Å². The topological polar surface area (TPSA) is 47.6 Å². The predicted molar refractivity (Wildman–Crippen MR) is 101 cm³/mol. The number of thiophene rings is 1. The minimum atomic E-state index is -2.88. The number of hydrogen-bond donors (Lipinski definition) is 1. The summed E-state index contributed by atoms with van der Waals surface area (Å²) in [4.78, 5) is 12.8. The zero-order valence-corrected chi connectivity index (χ0v) is 15.3. The monoisotopic (exact) mass is 389 g/mol. The second-order valence-electron chi connectivity index (χ2n) is 5.78. The number of carbonyl (C=O) groups excluding carboxylic acids is 1. The average Bonchev–Trinajstić information content (AvgIpc) is 3.12. The first kappa shape index (κ1) is 18.8. The number of hydrogen-bond acceptors (Lipinski definition) is 4. The van der Waals surface area contributed by atoms with Gasteiger partial charge in [-0.2, -0.15) is 8.78 Å². The Morgan fingerprint density at radius 2 is 1.74 bits per heavy atom. The Hall–Kier alpha value is -2.93. The molecule has 0 spiro atoms. The van der Waals surface area contributed by atoms with E-state index < -0.39 is 6.61 Å². The Labute approximate surface area is 159 Å². The molecule has 3 rings (SSSR count). The van der Waals surface area contributed by atoms with Crippen LogP contribution in [0, 0.1) is 6.92 Å². The van der Waals surface area contributed by atoms with Gasteiger partial charge in [-0.1, -0.05) is 17.7 Å². The van der Waals surface area contributed by atoms with Crippen LogP contribution in [-0.4, -0.2) is 12.5 Å². The first-order chi connectivity index (χ1) is 13.0. The third-order valence-electron chi connectivity index (χ3n) is 3.64. The smallest absolute Gasteiger partial charge is 0.387 e. The zero-order valence-electron chi connectivity index (χ0n) is 14.4. The fourth-order valence-corrected chi connectivity index (χ4v) is 3.08. The second-order valence-corrected chi connectivity index (χ2v) is 6.69. The molecule has 0 radical (unpaired) electrons. The number of anilines is 1. The van der Waals surface area contributed by atoms with Gasteiger partial charge in [-0.05, 0) is 54.8 Å². The minimum absolute atomic E-state index is 0.0367. The maximum Gasteiger partial charge on any atom is 0.387 e. The summed E-state index contributed by atoms with van der Waals surface area (Å²) in [5.41, 5.74) is 2.55. The summed E-state index contributed by atoms with van der Waals surface area (Å²) in [5.74, 6) is 0.530. The van der Waals surface area contributed by atoms with Crippen LogP contribution in [0.15, 0.2) is 60.0 Å². The van der Waals surface area contributed by atoms with Crippen molar-refractivity contribution in [3.63, 3.8) is 0 Å². The number of amides is 1. The molecule has 0 saturated heterocycles. The molecule has 3 aromatic rings. The van der Waals surface area contributed by atoms with Crippen LogP contribution in [0.1, 0.15) is 20.8 Å². The van der Waals surface area contributed by atoms with Gasteiger partial charge >= 0.3 is 6.61 Å². The van der Waals surface area contributed by atoms with Gasteiger partial charge in [0.1, 0.15) is 18.1 Å². The fraction of sp³-hybridized carbons (Fsp3) is 0.150. The van der Waals surface area contributed by atoms with Gasteiger partial charge in [-0.3, -0.25) is 4.79 Å². The molecule has 0 aliphatic rings. The standard InChI is InChI=1S/C20H17F2NO3S/c1-13-2-6-16(7-3-13)25-11-14-10-18(27-12-14)19(24)23-15-4-8-17(9-5-15)26-20(21)22/h2-10,12,20H,11H2,1H3,(H,23,24). The van der Waals surface area contributed by atoms with Crippen molar-refractivity contribution in [1.82, 2.24) is 0 Å². The van der Waals surface area contributed by atoms with Gasteiger partial charge in [0.2, 0.25) is 0 Å². The molecule has 0 fully saturated rings. The molecule has 0 unspecified atom stereocenters. The number of alkyl halides is 2. The second kappa shape index (κ2) is 8.64. The van der Waals surface area contributed by atoms with Crippen molar-refractivity contribution in [2.24, 2.45) is 0 Å². The molecular weight excluding hydrogens is 372 g/mol. The Bertz CT molecular complexity index is 892. The quantitative estimate of drug-likeness (QED) is 0.581. The van der Waals surface area contributed by atoms with E-state index in [-0.39, 0.29) is 11.7 Å². The predicted octanol–water partition coefficient (Wildman–Crippen LogP) is 5.49. The van der Waals surface area contributed by atoms with Crippen LogP contribution >= 0.6 is 11.3 Å². The molecule has 140 valence electrons. The molecule has 1 aromatic heterocycles. The van der Waals surface area contributed by atoms with Crippen molar-refractivity contribution in [3.05, 3.63) is 76.0 Å². The summed E-state index contributed by atoms with van der Waals surface area (Å²) in [6.07, 6.45) is 0. The van der Waals surface area contributed by atoms with Gasteiger partial charge in [0.25, 0.3) is 5.91 Å². The van der Waals surface area contributed by atoms with Gasteiger partial charge in [-0.15, -0.1) is 11.3 Å². The van der Waals surface area contributed by atoms with Crippen molar-refractivity contribution in [1.29, 1.82) is 0 Å². The number of ether oxygens (including phenoxy) is 2. The van der Waals surface area contributed by atoms with E-state index in [1.54, 1.807) is 6.07 Å². The summed E-state index contributed by atoms with van der Waals surface area (Å²) in [5, 5.41) is 4.58.